The molecule has 0 bridgehead atoms. The van der Waals surface area contributed by atoms with Gasteiger partial charge in [0.1, 0.15) is 0 Å². The van der Waals surface area contributed by atoms with Crippen LogP contribution in [0.25, 0.3) is 0 Å². The normalized spacial score (nSPS) is 6.11. The van der Waals surface area contributed by atoms with Gasteiger partial charge in [-0.2, -0.15) is 0 Å². The summed E-state index contributed by atoms with van der Waals surface area (Å²) in [6.45, 7) is 0. The molecule has 0 aliphatic rings. The Morgan fingerprint density at radius 2 is 0.474 bits per heavy atom. The van der Waals surface area contributed by atoms with Crippen LogP contribution in [0.1, 0.15) is 0 Å². The fraction of sp³-hybridized carbons (Fsp3) is 0. The summed E-state index contributed by atoms with van der Waals surface area (Å²) < 4.78 is 68.2. The maximum Gasteiger partial charge on any atom is 2.00 e. The summed E-state index contributed by atoms with van der Waals surface area (Å²) in [5.74, 6) is 0. The second-order valence-corrected chi connectivity index (χ2v) is 2.45. The fourth-order valence-electron chi connectivity index (χ4n) is 0. The van der Waals surface area contributed by atoms with Crippen molar-refractivity contribution in [2.24, 2.45) is 0 Å². The largest absolute Gasteiger partial charge is 2.00 e. The SMILES string of the molecule is O.O.O.O.O.O.O=S(=O)([O-])[O-].O=S(=O)([O-])[O-].[NH4+].[NH4+].[Zn+2]. The minimum Gasteiger partial charge on any atom is -0.759 e. The van der Waals surface area contributed by atoms with Crippen LogP contribution in [-0.4, -0.2) is 67.9 Å². The van der Waals surface area contributed by atoms with Crippen molar-refractivity contribution in [1.29, 1.82) is 0 Å². The van der Waals surface area contributed by atoms with Crippen molar-refractivity contribution < 1.29 is 87.4 Å². The predicted molar refractivity (Wildman–Crippen MR) is 54.6 cm³/mol. The van der Waals surface area contributed by atoms with Crippen LogP contribution in [-0.2, 0) is 40.3 Å². The van der Waals surface area contributed by atoms with Gasteiger partial charge < -0.3 is 63.4 Å². The second-order valence-electron chi connectivity index (χ2n) is 0.816. The Hall–Kier alpha value is 0.0434. The number of hydrogen-bond donors (Lipinski definition) is 2. The van der Waals surface area contributed by atoms with Gasteiger partial charge in [0.05, 0.1) is 0 Å². The molecule has 16 nitrogen and oxygen atoms in total. The summed E-state index contributed by atoms with van der Waals surface area (Å²) in [5, 5.41) is 0. The Bertz CT molecular complexity index is 220. The zero-order valence-corrected chi connectivity index (χ0v) is 14.4. The molecule has 0 radical (unpaired) electrons. The second kappa shape index (κ2) is 36.1. The number of hydrogen-bond acceptors (Lipinski definition) is 8. The summed E-state index contributed by atoms with van der Waals surface area (Å²) >= 11 is 0. The van der Waals surface area contributed by atoms with Crippen LogP contribution in [0.4, 0.5) is 0 Å². The quantitative estimate of drug-likeness (QED) is 0.222. The monoisotopic (exact) mass is 400 g/mol. The van der Waals surface area contributed by atoms with E-state index in [2.05, 4.69) is 0 Å². The fourth-order valence-corrected chi connectivity index (χ4v) is 0. The molecule has 0 aliphatic carbocycles. The Labute approximate surface area is 121 Å². The Kier molecular flexibility index (Phi) is 182. The van der Waals surface area contributed by atoms with Gasteiger partial charge in [0.2, 0.25) is 0 Å². The molecule has 0 heterocycles. The zero-order chi connectivity index (χ0) is 9.00. The van der Waals surface area contributed by atoms with Gasteiger partial charge in [0.15, 0.2) is 0 Å². The van der Waals surface area contributed by atoms with Crippen molar-refractivity contribution in [3.05, 3.63) is 0 Å². The molecule has 20 N–H and O–H groups in total. The summed E-state index contributed by atoms with van der Waals surface area (Å²) in [7, 11) is -10.3. The molecule has 0 amide bonds. The molecule has 0 aliphatic heterocycles. The third-order valence-electron chi connectivity index (χ3n) is 0. The molecule has 0 aromatic rings. The van der Waals surface area contributed by atoms with Crippen molar-refractivity contribution in [2.75, 3.05) is 0 Å². The summed E-state index contributed by atoms with van der Waals surface area (Å²) in [4.78, 5) is 0. The zero-order valence-electron chi connectivity index (χ0n) is 9.79. The molecule has 0 saturated carbocycles. The molecule has 0 saturated heterocycles. The molecule has 128 valence electrons. The Morgan fingerprint density at radius 1 is 0.474 bits per heavy atom. The van der Waals surface area contributed by atoms with Gasteiger partial charge in [-0.3, -0.25) is 16.8 Å². The first-order chi connectivity index (χ1) is 4.00. The molecular formula is H20N2O14S2Zn. The van der Waals surface area contributed by atoms with Gasteiger partial charge in [-0.1, -0.05) is 0 Å². The first-order valence-corrected chi connectivity index (χ1v) is 4.00. The maximum atomic E-state index is 8.52. The number of rotatable bonds is 0. The predicted octanol–water partition coefficient (Wildman–Crippen LogP) is -6.87. The average Bonchev–Trinajstić information content (AvgIpc) is 1.12. The van der Waals surface area contributed by atoms with Crippen LogP contribution < -0.4 is 12.3 Å². The van der Waals surface area contributed by atoms with Crippen molar-refractivity contribution in [2.45, 2.75) is 0 Å². The van der Waals surface area contributed by atoms with E-state index in [0.29, 0.717) is 0 Å². The smallest absolute Gasteiger partial charge is 0.759 e. The summed E-state index contributed by atoms with van der Waals surface area (Å²) in [6, 6.07) is 0. The van der Waals surface area contributed by atoms with Crippen LogP contribution in [0.5, 0.6) is 0 Å². The van der Waals surface area contributed by atoms with E-state index in [0.717, 1.165) is 0 Å². The molecule has 19 heteroatoms. The standard InChI is InChI=1S/2H3N.2H2O4S.6H2O.Zn/c;;2*1-5(2,3)4;;;;;;;/h2*1H3;2*(H2,1,2,3,4);6*1H2;/q;;;;;;;;;;+2/p-2. The van der Waals surface area contributed by atoms with Crippen molar-refractivity contribution in [1.82, 2.24) is 12.3 Å². The van der Waals surface area contributed by atoms with Crippen LogP contribution >= 0.6 is 0 Å². The average molecular weight is 402 g/mol. The van der Waals surface area contributed by atoms with E-state index in [1.54, 1.807) is 0 Å². The van der Waals surface area contributed by atoms with E-state index in [1.165, 1.54) is 0 Å². The molecule has 0 rings (SSSR count). The Morgan fingerprint density at radius 3 is 0.474 bits per heavy atom. The third-order valence-corrected chi connectivity index (χ3v) is 0. The van der Waals surface area contributed by atoms with Crippen LogP contribution in [0.3, 0.4) is 0 Å². The van der Waals surface area contributed by atoms with E-state index in [-0.39, 0.29) is 64.6 Å². The maximum absolute atomic E-state index is 8.52. The van der Waals surface area contributed by atoms with Crippen LogP contribution in [0.2, 0.25) is 0 Å². The molecule has 19 heavy (non-hydrogen) atoms. The first kappa shape index (κ1) is 95.8. The van der Waals surface area contributed by atoms with Gasteiger partial charge in [0, 0.05) is 20.8 Å². The first-order valence-electron chi connectivity index (χ1n) is 1.33. The van der Waals surface area contributed by atoms with E-state index in [4.69, 9.17) is 35.0 Å². The van der Waals surface area contributed by atoms with E-state index < -0.39 is 20.8 Å². The minimum absolute atomic E-state index is 0. The van der Waals surface area contributed by atoms with Gasteiger partial charge in [0.25, 0.3) is 0 Å². The van der Waals surface area contributed by atoms with E-state index in [9.17, 15) is 0 Å². The number of quaternary nitrogens is 2. The Balaban J connectivity index is -0.00000000508. The van der Waals surface area contributed by atoms with Crippen molar-refractivity contribution >= 4 is 20.8 Å². The van der Waals surface area contributed by atoms with Gasteiger partial charge in [-0.05, 0) is 0 Å². The summed E-state index contributed by atoms with van der Waals surface area (Å²) in [6.07, 6.45) is 0. The molecule has 0 fully saturated rings. The molecule has 0 spiro atoms. The van der Waals surface area contributed by atoms with Crippen LogP contribution in [0, 0.1) is 0 Å². The van der Waals surface area contributed by atoms with Crippen LogP contribution in [0.15, 0.2) is 0 Å². The van der Waals surface area contributed by atoms with Gasteiger partial charge >= 0.3 is 19.5 Å². The topological polar surface area (TPSA) is 423 Å². The molecular weight excluding hydrogens is 382 g/mol. The molecule has 0 aromatic heterocycles. The molecule has 0 unspecified atom stereocenters. The van der Waals surface area contributed by atoms with Gasteiger partial charge in [-0.15, -0.1) is 0 Å². The minimum atomic E-state index is -5.17. The molecule has 0 aromatic carbocycles. The third kappa shape index (κ3) is 2470000. The van der Waals surface area contributed by atoms with E-state index in [1.807, 2.05) is 0 Å². The summed E-state index contributed by atoms with van der Waals surface area (Å²) in [5.41, 5.74) is 0. The van der Waals surface area contributed by atoms with Crippen molar-refractivity contribution in [3.8, 4) is 0 Å². The molecule has 0 atom stereocenters. The van der Waals surface area contributed by atoms with Gasteiger partial charge in [-0.25, -0.2) is 0 Å². The van der Waals surface area contributed by atoms with Crippen molar-refractivity contribution in [3.63, 3.8) is 0 Å². The van der Waals surface area contributed by atoms with E-state index >= 15 is 0 Å².